The number of rotatable bonds is 11. The number of aromatic nitrogens is 1. The van der Waals surface area contributed by atoms with Gasteiger partial charge in [-0.05, 0) is 31.7 Å². The Morgan fingerprint density at radius 3 is 2.19 bits per heavy atom. The van der Waals surface area contributed by atoms with E-state index in [9.17, 15) is 9.59 Å². The quantitative estimate of drug-likeness (QED) is 0.199. The maximum Gasteiger partial charge on any atom is 0.226 e. The molecule has 2 amide bonds. The van der Waals surface area contributed by atoms with Gasteiger partial charge in [0.25, 0.3) is 0 Å². The molecule has 3 aromatic rings. The number of carbonyl (C=O) groups excluding carboxylic acids is 2. The lowest BCUT2D eigenvalue weighted by Crippen LogP contribution is -2.19. The van der Waals surface area contributed by atoms with Crippen molar-refractivity contribution in [1.82, 2.24) is 10.3 Å². The van der Waals surface area contributed by atoms with Gasteiger partial charge in [0.2, 0.25) is 11.8 Å². The molecular weight excluding hydrogens is 488 g/mol. The van der Waals surface area contributed by atoms with Crippen LogP contribution in [-0.4, -0.2) is 28.3 Å². The number of carbonyl (C=O) groups is 2. The SMILES string of the molecule is CC.CC(=S)NCCCCCC(=O)Nc1nc(-c2ccccc2)cs1.NC(=O)CCc1ccccc1. The Bertz CT molecular complexity index is 1020. The minimum Gasteiger partial charge on any atom is -0.380 e. The summed E-state index contributed by atoms with van der Waals surface area (Å²) in [5.74, 6) is -0.216. The predicted molar refractivity (Wildman–Crippen MR) is 156 cm³/mol. The van der Waals surface area contributed by atoms with Crippen LogP contribution in [0.4, 0.5) is 5.13 Å². The van der Waals surface area contributed by atoms with Crippen molar-refractivity contribution in [3.8, 4) is 11.3 Å². The van der Waals surface area contributed by atoms with Crippen LogP contribution >= 0.6 is 23.6 Å². The van der Waals surface area contributed by atoms with Gasteiger partial charge in [0.05, 0.1) is 10.7 Å². The summed E-state index contributed by atoms with van der Waals surface area (Å²) in [6, 6.07) is 19.8. The Morgan fingerprint density at radius 1 is 0.944 bits per heavy atom. The van der Waals surface area contributed by atoms with E-state index in [4.69, 9.17) is 18.0 Å². The third kappa shape index (κ3) is 14.3. The van der Waals surface area contributed by atoms with E-state index in [0.717, 1.165) is 54.0 Å². The first kappa shape index (κ1) is 30.9. The second-order valence-corrected chi connectivity index (χ2v) is 9.17. The number of thiazole rings is 1. The number of nitrogens with zero attached hydrogens (tertiary/aromatic N) is 1. The van der Waals surface area contributed by atoms with Gasteiger partial charge in [0, 0.05) is 30.3 Å². The van der Waals surface area contributed by atoms with E-state index in [1.807, 2.05) is 86.8 Å². The third-order valence-corrected chi connectivity index (χ3v) is 5.68. The van der Waals surface area contributed by atoms with Crippen molar-refractivity contribution in [3.05, 3.63) is 71.6 Å². The summed E-state index contributed by atoms with van der Waals surface area (Å²) in [5.41, 5.74) is 8.12. The van der Waals surface area contributed by atoms with Gasteiger partial charge in [-0.1, -0.05) is 93.1 Å². The normalized spacial score (nSPS) is 9.64. The van der Waals surface area contributed by atoms with Gasteiger partial charge < -0.3 is 16.4 Å². The molecule has 4 N–H and O–H groups in total. The summed E-state index contributed by atoms with van der Waals surface area (Å²) in [7, 11) is 0. The highest BCUT2D eigenvalue weighted by Crippen LogP contribution is 2.24. The van der Waals surface area contributed by atoms with Crippen LogP contribution in [0.2, 0.25) is 0 Å². The Hall–Kier alpha value is -3.10. The minimum absolute atomic E-state index is 0.0259. The molecule has 0 bridgehead atoms. The van der Waals surface area contributed by atoms with Crippen molar-refractivity contribution in [3.63, 3.8) is 0 Å². The van der Waals surface area contributed by atoms with Gasteiger partial charge in [0.1, 0.15) is 0 Å². The maximum absolute atomic E-state index is 11.9. The van der Waals surface area contributed by atoms with Gasteiger partial charge in [-0.25, -0.2) is 4.98 Å². The molecule has 0 aliphatic carbocycles. The van der Waals surface area contributed by atoms with E-state index >= 15 is 0 Å². The number of unbranched alkanes of at least 4 members (excludes halogenated alkanes) is 2. The highest BCUT2D eigenvalue weighted by Gasteiger charge is 2.07. The number of nitrogens with two attached hydrogens (primary N) is 1. The van der Waals surface area contributed by atoms with Gasteiger partial charge in [-0.3, -0.25) is 9.59 Å². The summed E-state index contributed by atoms with van der Waals surface area (Å²) in [5, 5.41) is 8.61. The largest absolute Gasteiger partial charge is 0.380 e. The molecule has 6 nitrogen and oxygen atoms in total. The van der Waals surface area contributed by atoms with E-state index in [1.54, 1.807) is 0 Å². The molecule has 2 aromatic carbocycles. The van der Waals surface area contributed by atoms with E-state index < -0.39 is 0 Å². The van der Waals surface area contributed by atoms with Crippen molar-refractivity contribution in [2.45, 2.75) is 59.3 Å². The molecule has 0 spiro atoms. The summed E-state index contributed by atoms with van der Waals surface area (Å²) in [4.78, 5) is 27.6. The number of aryl methyl sites for hydroxylation is 1. The van der Waals surface area contributed by atoms with E-state index in [2.05, 4.69) is 15.6 Å². The van der Waals surface area contributed by atoms with Crippen molar-refractivity contribution in [1.29, 1.82) is 0 Å². The first-order valence-corrected chi connectivity index (χ1v) is 13.6. The molecule has 194 valence electrons. The minimum atomic E-state index is -0.242. The van der Waals surface area contributed by atoms with Crippen molar-refractivity contribution >= 4 is 45.5 Å². The molecule has 0 saturated carbocycles. The Morgan fingerprint density at radius 2 is 1.58 bits per heavy atom. The summed E-state index contributed by atoms with van der Waals surface area (Å²) < 4.78 is 0. The number of primary amides is 1. The lowest BCUT2D eigenvalue weighted by atomic mass is 10.1. The fraction of sp³-hybridized carbons (Fsp3) is 0.357. The second kappa shape index (κ2) is 19.1. The van der Waals surface area contributed by atoms with Crippen molar-refractivity contribution < 1.29 is 9.59 Å². The summed E-state index contributed by atoms with van der Waals surface area (Å²) in [6.45, 7) is 6.75. The van der Waals surface area contributed by atoms with Crippen LogP contribution in [-0.2, 0) is 16.0 Å². The molecule has 0 atom stereocenters. The van der Waals surface area contributed by atoms with Gasteiger partial charge in [-0.2, -0.15) is 0 Å². The van der Waals surface area contributed by atoms with Gasteiger partial charge in [-0.15, -0.1) is 11.3 Å². The lowest BCUT2D eigenvalue weighted by Gasteiger charge is -2.04. The number of hydrogen-bond acceptors (Lipinski definition) is 5. The van der Waals surface area contributed by atoms with Crippen molar-refractivity contribution in [2.75, 3.05) is 11.9 Å². The van der Waals surface area contributed by atoms with Crippen LogP contribution in [0, 0.1) is 0 Å². The first-order chi connectivity index (χ1) is 17.4. The molecule has 0 aliphatic heterocycles. The second-order valence-electron chi connectivity index (χ2n) is 7.70. The Kier molecular flexibility index (Phi) is 16.4. The summed E-state index contributed by atoms with van der Waals surface area (Å²) >= 11 is 6.40. The van der Waals surface area contributed by atoms with E-state index in [0.29, 0.717) is 18.0 Å². The zero-order valence-corrected chi connectivity index (χ0v) is 23.1. The van der Waals surface area contributed by atoms with Gasteiger partial charge >= 0.3 is 0 Å². The topological polar surface area (TPSA) is 97.1 Å². The number of nitrogens with one attached hydrogen (secondary N) is 2. The van der Waals surface area contributed by atoms with E-state index in [-0.39, 0.29) is 11.8 Å². The predicted octanol–water partition coefficient (Wildman–Crippen LogP) is 6.38. The highest BCUT2D eigenvalue weighted by atomic mass is 32.1. The van der Waals surface area contributed by atoms with Crippen LogP contribution in [0.1, 0.15) is 58.4 Å². The molecule has 36 heavy (non-hydrogen) atoms. The molecule has 0 unspecified atom stereocenters. The fourth-order valence-corrected chi connectivity index (χ4v) is 3.86. The molecule has 1 heterocycles. The van der Waals surface area contributed by atoms with Crippen LogP contribution in [0.3, 0.4) is 0 Å². The maximum atomic E-state index is 11.9. The molecule has 0 saturated heterocycles. The summed E-state index contributed by atoms with van der Waals surface area (Å²) in [6.07, 6.45) is 4.62. The molecule has 1 aromatic heterocycles. The molecule has 3 rings (SSSR count). The average molecular weight is 527 g/mol. The van der Waals surface area contributed by atoms with Gasteiger partial charge in [0.15, 0.2) is 5.13 Å². The number of anilines is 1. The molecule has 0 radical (unpaired) electrons. The van der Waals surface area contributed by atoms with Crippen LogP contribution in [0.25, 0.3) is 11.3 Å². The van der Waals surface area contributed by atoms with Crippen LogP contribution in [0.15, 0.2) is 66.0 Å². The lowest BCUT2D eigenvalue weighted by molar-refractivity contribution is -0.118. The van der Waals surface area contributed by atoms with Crippen molar-refractivity contribution in [2.24, 2.45) is 5.73 Å². The Balaban J connectivity index is 0.000000417. The van der Waals surface area contributed by atoms with Crippen LogP contribution < -0.4 is 16.4 Å². The highest BCUT2D eigenvalue weighted by molar-refractivity contribution is 7.80. The monoisotopic (exact) mass is 526 g/mol. The Labute approximate surface area is 224 Å². The fourth-order valence-electron chi connectivity index (χ4n) is 3.02. The smallest absolute Gasteiger partial charge is 0.226 e. The standard InChI is InChI=1S/C17H21N3OS2.C9H11NO.C2H6/c1-13(22)18-11-7-3-6-10-16(21)20-17-19-15(12-23-17)14-8-4-2-5-9-14;10-9(11)7-6-8-4-2-1-3-5-8;1-2/h2,4-5,8-9,12H,3,6-7,10-11H2,1H3,(H,18,22)(H,19,20,21);1-5H,6-7H2,(H2,10,11);1-2H3. The first-order valence-electron chi connectivity index (χ1n) is 12.3. The number of thiocarbonyl (C=S) groups is 1. The van der Waals surface area contributed by atoms with E-state index in [1.165, 1.54) is 11.3 Å². The number of benzene rings is 2. The molecule has 8 heteroatoms. The van der Waals surface area contributed by atoms with Crippen LogP contribution in [0.5, 0.6) is 0 Å². The number of amides is 2. The molecule has 0 aliphatic rings. The molecular formula is C28H38N4O2S2. The third-order valence-electron chi connectivity index (χ3n) is 4.78. The zero-order valence-electron chi connectivity index (χ0n) is 21.5. The number of hydrogen-bond donors (Lipinski definition) is 3. The average Bonchev–Trinajstić information content (AvgIpc) is 3.36. The molecule has 0 fully saturated rings. The zero-order chi connectivity index (χ0) is 26.6.